The Morgan fingerprint density at radius 1 is 0.838 bits per heavy atom. The Bertz CT molecular complexity index is 1140. The summed E-state index contributed by atoms with van der Waals surface area (Å²) in [6.45, 7) is 1.35. The number of piperidine rings is 1. The van der Waals surface area contributed by atoms with E-state index in [1.54, 1.807) is 18.2 Å². The van der Waals surface area contributed by atoms with Crippen LogP contribution in [-0.4, -0.2) is 59.8 Å². The maximum atomic E-state index is 12.8. The van der Waals surface area contributed by atoms with Crippen LogP contribution < -0.4 is 0 Å². The van der Waals surface area contributed by atoms with E-state index in [1.165, 1.54) is 5.56 Å². The molecule has 0 unspecified atom stereocenters. The highest BCUT2D eigenvalue weighted by atomic mass is 35.5. The molecule has 2 aromatic rings. The minimum Gasteiger partial charge on any atom is -0.343 e. The van der Waals surface area contributed by atoms with Gasteiger partial charge in [-0.3, -0.25) is 14.4 Å². The topological polar surface area (TPSA) is 57.7 Å². The molecule has 9 heteroatoms. The maximum absolute atomic E-state index is 12.8. The lowest BCUT2D eigenvalue weighted by atomic mass is 9.89. The van der Waals surface area contributed by atoms with Crippen LogP contribution in [-0.2, 0) is 22.4 Å². The van der Waals surface area contributed by atoms with Crippen molar-refractivity contribution >= 4 is 29.2 Å². The Balaban J connectivity index is 1.23. The second kappa shape index (κ2) is 11.7. The van der Waals surface area contributed by atoms with Crippen molar-refractivity contribution in [2.45, 2.75) is 57.0 Å². The molecule has 2 aliphatic heterocycles. The van der Waals surface area contributed by atoms with Gasteiger partial charge in [-0.15, -0.1) is 0 Å². The van der Waals surface area contributed by atoms with Crippen LogP contribution >= 0.6 is 11.6 Å². The Morgan fingerprint density at radius 3 is 2.14 bits per heavy atom. The van der Waals surface area contributed by atoms with Gasteiger partial charge in [0.1, 0.15) is 0 Å². The molecule has 0 aromatic heterocycles. The van der Waals surface area contributed by atoms with E-state index in [2.05, 4.69) is 0 Å². The van der Waals surface area contributed by atoms with Crippen LogP contribution in [0.5, 0.6) is 0 Å². The molecule has 2 aliphatic rings. The Labute approximate surface area is 219 Å². The molecule has 0 spiro atoms. The van der Waals surface area contributed by atoms with Gasteiger partial charge in [0, 0.05) is 49.6 Å². The Hall–Kier alpha value is -2.87. The molecular formula is C28H30ClF3N2O3. The molecule has 1 saturated heterocycles. The largest absolute Gasteiger partial charge is 0.471 e. The number of carbonyl (C=O) groups is 3. The maximum Gasteiger partial charge on any atom is 0.471 e. The molecule has 37 heavy (non-hydrogen) atoms. The second-order valence-corrected chi connectivity index (χ2v) is 10.2. The number of halogens is 4. The third-order valence-electron chi connectivity index (χ3n) is 7.34. The van der Waals surface area contributed by atoms with E-state index in [4.69, 9.17) is 11.6 Å². The molecule has 2 aromatic carbocycles. The standard InChI is InChI=1S/C28H30ClF3N2O3/c29-24-8-6-19(7-9-24)21-10-14-33(15-11-21)26(36)3-1-2-25(35)23-5-4-20-12-16-34(17-13-22(20)18-23)27(37)28(30,31)32/h4-9,18,21H,1-3,10-17H2. The zero-order valence-corrected chi connectivity index (χ0v) is 21.3. The number of amides is 2. The lowest BCUT2D eigenvalue weighted by Crippen LogP contribution is -2.42. The number of hydrogen-bond acceptors (Lipinski definition) is 3. The van der Waals surface area contributed by atoms with E-state index in [0.29, 0.717) is 48.9 Å². The first kappa shape index (κ1) is 27.2. The highest BCUT2D eigenvalue weighted by molar-refractivity contribution is 6.30. The summed E-state index contributed by atoms with van der Waals surface area (Å²) in [7, 11) is 0. The number of alkyl halides is 3. The third-order valence-corrected chi connectivity index (χ3v) is 7.60. The van der Waals surface area contributed by atoms with Gasteiger partial charge in [0.2, 0.25) is 5.91 Å². The van der Waals surface area contributed by atoms with Gasteiger partial charge in [0.25, 0.3) is 0 Å². The van der Waals surface area contributed by atoms with Crippen LogP contribution in [0.3, 0.4) is 0 Å². The zero-order valence-electron chi connectivity index (χ0n) is 20.5. The summed E-state index contributed by atoms with van der Waals surface area (Å²) in [4.78, 5) is 39.7. The van der Waals surface area contributed by atoms with E-state index in [1.807, 2.05) is 29.2 Å². The Kier molecular flexibility index (Phi) is 8.57. The molecule has 1 fully saturated rings. The third kappa shape index (κ3) is 6.92. The van der Waals surface area contributed by atoms with Crippen molar-refractivity contribution in [1.82, 2.24) is 9.80 Å². The van der Waals surface area contributed by atoms with Crippen LogP contribution in [0.2, 0.25) is 5.02 Å². The first-order valence-electron chi connectivity index (χ1n) is 12.7. The van der Waals surface area contributed by atoms with E-state index < -0.39 is 12.1 Å². The summed E-state index contributed by atoms with van der Waals surface area (Å²) in [5.74, 6) is -1.45. The highest BCUT2D eigenvalue weighted by Gasteiger charge is 2.42. The number of rotatable bonds is 6. The number of nitrogens with zero attached hydrogens (tertiary/aromatic N) is 2. The van der Waals surface area contributed by atoms with Crippen molar-refractivity contribution in [2.75, 3.05) is 26.2 Å². The first-order chi connectivity index (χ1) is 17.6. The molecule has 198 valence electrons. The summed E-state index contributed by atoms with van der Waals surface area (Å²) in [5, 5.41) is 0.709. The second-order valence-electron chi connectivity index (χ2n) is 9.76. The van der Waals surface area contributed by atoms with Crippen LogP contribution in [0, 0.1) is 0 Å². The van der Waals surface area contributed by atoms with Crippen molar-refractivity contribution in [3.63, 3.8) is 0 Å². The number of hydrogen-bond donors (Lipinski definition) is 0. The zero-order chi connectivity index (χ0) is 26.6. The van der Waals surface area contributed by atoms with Crippen molar-refractivity contribution in [2.24, 2.45) is 0 Å². The van der Waals surface area contributed by atoms with Gasteiger partial charge in [0.05, 0.1) is 0 Å². The van der Waals surface area contributed by atoms with E-state index >= 15 is 0 Å². The van der Waals surface area contributed by atoms with Gasteiger partial charge in [0.15, 0.2) is 5.78 Å². The van der Waals surface area contributed by atoms with Crippen molar-refractivity contribution in [3.8, 4) is 0 Å². The van der Waals surface area contributed by atoms with Gasteiger partial charge in [-0.2, -0.15) is 13.2 Å². The van der Waals surface area contributed by atoms with Gasteiger partial charge < -0.3 is 9.80 Å². The smallest absolute Gasteiger partial charge is 0.343 e. The average Bonchev–Trinajstić information content (AvgIpc) is 3.10. The molecular weight excluding hydrogens is 505 g/mol. The number of Topliss-reactive ketones (excluding diaryl/α,β-unsaturated/α-hetero) is 1. The summed E-state index contributed by atoms with van der Waals surface area (Å²) in [6.07, 6.45) is -1.54. The van der Waals surface area contributed by atoms with E-state index in [9.17, 15) is 27.6 Å². The molecule has 4 rings (SSSR count). The van der Waals surface area contributed by atoms with E-state index in [0.717, 1.165) is 28.9 Å². The monoisotopic (exact) mass is 534 g/mol. The number of fused-ring (bicyclic) bond motifs is 1. The molecule has 0 N–H and O–H groups in total. The SMILES string of the molecule is O=C(CCCC(=O)N1CCC(c2ccc(Cl)cc2)CC1)c1ccc2c(c1)CCN(C(=O)C(F)(F)F)CC2. The molecule has 0 aliphatic carbocycles. The van der Waals surface area contributed by atoms with Gasteiger partial charge in [-0.1, -0.05) is 35.9 Å². The predicted octanol–water partition coefficient (Wildman–Crippen LogP) is 5.59. The summed E-state index contributed by atoms with van der Waals surface area (Å²) in [5.41, 5.74) is 3.38. The van der Waals surface area contributed by atoms with E-state index in [-0.39, 0.29) is 37.6 Å². The minimum absolute atomic E-state index is 0.00229. The van der Waals surface area contributed by atoms with Crippen LogP contribution in [0.1, 0.15) is 65.1 Å². The lowest BCUT2D eigenvalue weighted by molar-refractivity contribution is -0.185. The van der Waals surface area contributed by atoms with Crippen molar-refractivity contribution in [1.29, 1.82) is 0 Å². The summed E-state index contributed by atoms with van der Waals surface area (Å²) >= 11 is 5.97. The molecule has 0 radical (unpaired) electrons. The number of carbonyl (C=O) groups excluding carboxylic acids is 3. The summed E-state index contributed by atoms with van der Waals surface area (Å²) in [6, 6.07) is 13.0. The molecule has 2 heterocycles. The predicted molar refractivity (Wildman–Crippen MR) is 135 cm³/mol. The first-order valence-corrected chi connectivity index (χ1v) is 13.0. The lowest BCUT2D eigenvalue weighted by Gasteiger charge is -2.32. The molecule has 0 atom stereocenters. The van der Waals surface area contributed by atoms with Crippen molar-refractivity contribution < 1.29 is 27.6 Å². The van der Waals surface area contributed by atoms with Gasteiger partial charge in [-0.05, 0) is 72.9 Å². The fourth-order valence-corrected chi connectivity index (χ4v) is 5.31. The van der Waals surface area contributed by atoms with Crippen LogP contribution in [0.25, 0.3) is 0 Å². The van der Waals surface area contributed by atoms with Gasteiger partial charge >= 0.3 is 12.1 Å². The molecule has 0 bridgehead atoms. The minimum atomic E-state index is -4.89. The fourth-order valence-electron chi connectivity index (χ4n) is 5.18. The van der Waals surface area contributed by atoms with Crippen LogP contribution in [0.4, 0.5) is 13.2 Å². The summed E-state index contributed by atoms with van der Waals surface area (Å²) < 4.78 is 38.4. The number of likely N-dealkylation sites (tertiary alicyclic amines) is 1. The normalized spacial score (nSPS) is 16.8. The molecule has 2 amide bonds. The number of benzene rings is 2. The Morgan fingerprint density at radius 2 is 1.49 bits per heavy atom. The van der Waals surface area contributed by atoms with Gasteiger partial charge in [-0.25, -0.2) is 0 Å². The number of ketones is 1. The molecule has 5 nitrogen and oxygen atoms in total. The van der Waals surface area contributed by atoms with Crippen molar-refractivity contribution in [3.05, 3.63) is 69.7 Å². The van der Waals surface area contributed by atoms with Crippen LogP contribution in [0.15, 0.2) is 42.5 Å². The average molecular weight is 535 g/mol. The molecule has 0 saturated carbocycles. The quantitative estimate of drug-likeness (QED) is 0.454. The highest BCUT2D eigenvalue weighted by Crippen LogP contribution is 2.29. The fraction of sp³-hybridized carbons (Fsp3) is 0.464.